The van der Waals surface area contributed by atoms with Crippen LogP contribution in [0.3, 0.4) is 0 Å². The van der Waals surface area contributed by atoms with Gasteiger partial charge in [-0.25, -0.2) is 4.79 Å². The first-order chi connectivity index (χ1) is 13.1. The molecule has 0 aliphatic carbocycles. The summed E-state index contributed by atoms with van der Waals surface area (Å²) in [5.41, 5.74) is 1.79. The van der Waals surface area contributed by atoms with E-state index in [4.69, 9.17) is 4.74 Å². The molecule has 0 saturated carbocycles. The zero-order chi connectivity index (χ0) is 19.1. The second-order valence-electron chi connectivity index (χ2n) is 6.36. The highest BCUT2D eigenvalue weighted by Crippen LogP contribution is 2.18. The number of ether oxygens (including phenoxy) is 1. The summed E-state index contributed by atoms with van der Waals surface area (Å²) in [7, 11) is 0. The summed E-state index contributed by atoms with van der Waals surface area (Å²) in [5, 5.41) is 14.2. The van der Waals surface area contributed by atoms with Crippen molar-refractivity contribution in [2.75, 3.05) is 6.54 Å². The van der Waals surface area contributed by atoms with Gasteiger partial charge in [-0.1, -0.05) is 72.8 Å². The van der Waals surface area contributed by atoms with Crippen LogP contribution in [0.2, 0.25) is 0 Å². The number of carbonyl (C=O) groups is 2. The van der Waals surface area contributed by atoms with Crippen molar-refractivity contribution < 1.29 is 19.4 Å². The standard InChI is InChI=1S/C22H21NO4/c24-21(25)20(13-17-10-11-18-8-4-5-9-19(18)12-17)14-23-22(26)27-15-16-6-2-1-3-7-16/h1-12,20H,13-15H2,(H,23,26)(H,24,25). The molecular formula is C22H21NO4. The van der Waals surface area contributed by atoms with E-state index in [-0.39, 0.29) is 13.2 Å². The van der Waals surface area contributed by atoms with E-state index in [1.165, 1.54) is 0 Å². The number of aliphatic carboxylic acids is 1. The lowest BCUT2D eigenvalue weighted by atomic mass is 9.97. The minimum absolute atomic E-state index is 0.00971. The zero-order valence-corrected chi connectivity index (χ0v) is 14.8. The molecule has 0 fully saturated rings. The maximum absolute atomic E-state index is 11.8. The number of benzene rings is 3. The monoisotopic (exact) mass is 363 g/mol. The number of hydrogen-bond acceptors (Lipinski definition) is 3. The van der Waals surface area contributed by atoms with Gasteiger partial charge in [-0.15, -0.1) is 0 Å². The van der Waals surface area contributed by atoms with E-state index in [1.807, 2.05) is 72.8 Å². The Balaban J connectivity index is 1.55. The molecule has 2 N–H and O–H groups in total. The highest BCUT2D eigenvalue weighted by molar-refractivity contribution is 5.83. The molecule has 0 saturated heterocycles. The van der Waals surface area contributed by atoms with Gasteiger partial charge in [-0.05, 0) is 28.3 Å². The summed E-state index contributed by atoms with van der Waals surface area (Å²) in [4.78, 5) is 23.4. The summed E-state index contributed by atoms with van der Waals surface area (Å²) in [5.74, 6) is -1.68. The highest BCUT2D eigenvalue weighted by Gasteiger charge is 2.19. The van der Waals surface area contributed by atoms with E-state index in [2.05, 4.69) is 5.32 Å². The molecule has 0 spiro atoms. The van der Waals surface area contributed by atoms with Crippen molar-refractivity contribution in [2.45, 2.75) is 13.0 Å². The van der Waals surface area contributed by atoms with Crippen LogP contribution in [0.4, 0.5) is 4.79 Å². The van der Waals surface area contributed by atoms with Crippen LogP contribution < -0.4 is 5.32 Å². The van der Waals surface area contributed by atoms with Crippen LogP contribution in [0.5, 0.6) is 0 Å². The molecule has 0 heterocycles. The molecule has 27 heavy (non-hydrogen) atoms. The molecule has 0 aliphatic heterocycles. The Labute approximate surface area is 157 Å². The summed E-state index contributed by atoms with van der Waals surface area (Å²) in [6.45, 7) is 0.158. The molecule has 3 aromatic carbocycles. The van der Waals surface area contributed by atoms with Crippen LogP contribution in [-0.2, 0) is 22.6 Å². The number of rotatable bonds is 7. The van der Waals surface area contributed by atoms with E-state index in [9.17, 15) is 14.7 Å². The highest BCUT2D eigenvalue weighted by atomic mass is 16.5. The third kappa shape index (κ3) is 5.31. The Morgan fingerprint density at radius 3 is 2.33 bits per heavy atom. The fourth-order valence-corrected chi connectivity index (χ4v) is 2.88. The molecule has 1 amide bonds. The van der Waals surface area contributed by atoms with Gasteiger partial charge in [0.2, 0.25) is 0 Å². The van der Waals surface area contributed by atoms with E-state index >= 15 is 0 Å². The molecule has 0 radical (unpaired) electrons. The van der Waals surface area contributed by atoms with Gasteiger partial charge in [0.25, 0.3) is 0 Å². The number of alkyl carbamates (subject to hydrolysis) is 1. The minimum atomic E-state index is -0.952. The van der Waals surface area contributed by atoms with Crippen LogP contribution >= 0.6 is 0 Å². The van der Waals surface area contributed by atoms with Crippen LogP contribution in [0.25, 0.3) is 10.8 Å². The average Bonchev–Trinajstić information content (AvgIpc) is 2.70. The molecule has 5 nitrogen and oxygen atoms in total. The maximum atomic E-state index is 11.8. The molecular weight excluding hydrogens is 342 g/mol. The predicted molar refractivity (Wildman–Crippen MR) is 103 cm³/mol. The minimum Gasteiger partial charge on any atom is -0.481 e. The van der Waals surface area contributed by atoms with Crippen LogP contribution in [0.1, 0.15) is 11.1 Å². The molecule has 5 heteroatoms. The second-order valence-corrected chi connectivity index (χ2v) is 6.36. The number of carboxylic acid groups (broad SMARTS) is 1. The van der Waals surface area contributed by atoms with Gasteiger partial charge in [0.1, 0.15) is 6.61 Å². The number of fused-ring (bicyclic) bond motifs is 1. The first kappa shape index (κ1) is 18.5. The van der Waals surface area contributed by atoms with E-state index in [0.29, 0.717) is 6.42 Å². The topological polar surface area (TPSA) is 75.6 Å². The predicted octanol–water partition coefficient (Wildman–Crippen LogP) is 4.01. The van der Waals surface area contributed by atoms with Crippen LogP contribution in [-0.4, -0.2) is 23.7 Å². The van der Waals surface area contributed by atoms with Crippen molar-refractivity contribution in [3.05, 3.63) is 83.9 Å². The first-order valence-electron chi connectivity index (χ1n) is 8.77. The Bertz CT molecular complexity index is 924. The van der Waals surface area contributed by atoms with E-state index < -0.39 is 18.0 Å². The smallest absolute Gasteiger partial charge is 0.407 e. The summed E-state index contributed by atoms with van der Waals surface area (Å²) in [6, 6.07) is 23.1. The third-order valence-corrected chi connectivity index (χ3v) is 4.35. The maximum Gasteiger partial charge on any atom is 0.407 e. The molecule has 0 aliphatic rings. The largest absolute Gasteiger partial charge is 0.481 e. The van der Waals surface area contributed by atoms with Crippen LogP contribution in [0.15, 0.2) is 72.8 Å². The second kappa shape index (κ2) is 8.85. The lowest BCUT2D eigenvalue weighted by Gasteiger charge is -2.14. The van der Waals surface area contributed by atoms with Crippen molar-refractivity contribution in [2.24, 2.45) is 5.92 Å². The van der Waals surface area contributed by atoms with Crippen molar-refractivity contribution in [3.63, 3.8) is 0 Å². The molecule has 138 valence electrons. The van der Waals surface area contributed by atoms with Gasteiger partial charge in [0.05, 0.1) is 5.92 Å². The normalized spacial score (nSPS) is 11.7. The van der Waals surface area contributed by atoms with Crippen LogP contribution in [0, 0.1) is 5.92 Å². The van der Waals surface area contributed by atoms with Crippen molar-refractivity contribution in [1.29, 1.82) is 0 Å². The van der Waals surface area contributed by atoms with Crippen molar-refractivity contribution >= 4 is 22.8 Å². The van der Waals surface area contributed by atoms with Crippen molar-refractivity contribution in [3.8, 4) is 0 Å². The fourth-order valence-electron chi connectivity index (χ4n) is 2.88. The van der Waals surface area contributed by atoms with Gasteiger partial charge in [-0.3, -0.25) is 4.79 Å². The van der Waals surface area contributed by atoms with Gasteiger partial charge in [-0.2, -0.15) is 0 Å². The molecule has 1 atom stereocenters. The Kier molecular flexibility index (Phi) is 6.05. The van der Waals surface area contributed by atoms with Gasteiger partial charge in [0.15, 0.2) is 0 Å². The summed E-state index contributed by atoms with van der Waals surface area (Å²) in [6.07, 6.45) is -0.289. The van der Waals surface area contributed by atoms with Gasteiger partial charge in [0, 0.05) is 6.54 Å². The zero-order valence-electron chi connectivity index (χ0n) is 14.8. The quantitative estimate of drug-likeness (QED) is 0.665. The molecule has 0 bridgehead atoms. The summed E-state index contributed by atoms with van der Waals surface area (Å²) >= 11 is 0. The molecule has 3 rings (SSSR count). The van der Waals surface area contributed by atoms with Gasteiger partial charge < -0.3 is 15.2 Å². The lowest BCUT2D eigenvalue weighted by Crippen LogP contribution is -2.34. The van der Waals surface area contributed by atoms with Gasteiger partial charge >= 0.3 is 12.1 Å². The van der Waals surface area contributed by atoms with E-state index in [0.717, 1.165) is 21.9 Å². The fraction of sp³-hybridized carbons (Fsp3) is 0.182. The third-order valence-electron chi connectivity index (χ3n) is 4.35. The van der Waals surface area contributed by atoms with E-state index in [1.54, 1.807) is 0 Å². The number of carboxylic acids is 1. The Morgan fingerprint density at radius 1 is 0.889 bits per heavy atom. The average molecular weight is 363 g/mol. The number of amides is 1. The molecule has 0 aromatic heterocycles. The Hall–Kier alpha value is -3.34. The number of carbonyl (C=O) groups excluding carboxylic acids is 1. The van der Waals surface area contributed by atoms with Crippen molar-refractivity contribution in [1.82, 2.24) is 5.32 Å². The number of nitrogens with one attached hydrogen (secondary N) is 1. The SMILES string of the molecule is O=C(NCC(Cc1ccc2ccccc2c1)C(=O)O)OCc1ccccc1. The first-order valence-corrected chi connectivity index (χ1v) is 8.77. The number of hydrogen-bond donors (Lipinski definition) is 2. The molecule has 1 unspecified atom stereocenters. The summed E-state index contributed by atoms with van der Waals surface area (Å²) < 4.78 is 5.12. The Morgan fingerprint density at radius 2 is 1.59 bits per heavy atom. The molecule has 3 aromatic rings. The lowest BCUT2D eigenvalue weighted by molar-refractivity contribution is -0.141.